The van der Waals surface area contributed by atoms with E-state index >= 15 is 4.39 Å². The Labute approximate surface area is 685 Å². The van der Waals surface area contributed by atoms with E-state index in [2.05, 4.69) is 20.3 Å². The van der Waals surface area contributed by atoms with E-state index in [0.29, 0.717) is 40.7 Å². The van der Waals surface area contributed by atoms with Crippen LogP contribution in [-0.4, -0.2) is 207 Å². The normalized spacial score (nSPS) is 30.4. The van der Waals surface area contributed by atoms with Crippen LogP contribution in [0.1, 0.15) is 116 Å². The van der Waals surface area contributed by atoms with Gasteiger partial charge >= 0.3 is 28.4 Å². The second-order valence-electron chi connectivity index (χ2n) is 24.8. The summed E-state index contributed by atoms with van der Waals surface area (Å²) >= 11 is 10.1. The van der Waals surface area contributed by atoms with E-state index in [0.717, 1.165) is 67.3 Å². The van der Waals surface area contributed by atoms with Gasteiger partial charge in [-0.2, -0.15) is 9.97 Å². The van der Waals surface area contributed by atoms with E-state index in [9.17, 15) is 81.1 Å². The first-order valence-corrected chi connectivity index (χ1v) is 38.9. The summed E-state index contributed by atoms with van der Waals surface area (Å²) in [5.41, 5.74) is -10.4. The van der Waals surface area contributed by atoms with Crippen LogP contribution in [0.15, 0.2) is 130 Å². The predicted molar refractivity (Wildman–Crippen MR) is 404 cm³/mol. The molecule has 1 amide bonds. The maximum atomic E-state index is 15.0. The van der Waals surface area contributed by atoms with Gasteiger partial charge in [0.2, 0.25) is 0 Å². The number of ether oxygens (including phenoxy) is 5. The number of benzene rings is 1. The van der Waals surface area contributed by atoms with Gasteiger partial charge < -0.3 is 92.2 Å². The second kappa shape index (κ2) is 47.9. The molecule has 11 rings (SSSR count). The van der Waals surface area contributed by atoms with Gasteiger partial charge in [-0.05, 0) is 114 Å². The summed E-state index contributed by atoms with van der Waals surface area (Å²) in [6, 6.07) is 14.5. The predicted octanol–water partition coefficient (Wildman–Crippen LogP) is 4.57. The van der Waals surface area contributed by atoms with E-state index in [1.165, 1.54) is 51.5 Å². The monoisotopic (exact) mass is 1830 g/mol. The van der Waals surface area contributed by atoms with Crippen molar-refractivity contribution < 1.29 is 135 Å². The van der Waals surface area contributed by atoms with Crippen molar-refractivity contribution in [1.82, 2.24) is 47.8 Å². The molecule has 644 valence electrons. The Morgan fingerprint density at radius 2 is 0.795 bits per heavy atom. The Kier molecular flexibility index (Phi) is 46.5. The average molecular weight is 1830 g/mol. The number of carbonyl (C=O) groups excluding carboxylic acids is 1. The zero-order valence-corrected chi connectivity index (χ0v) is 70.4. The van der Waals surface area contributed by atoms with Crippen molar-refractivity contribution in [3.05, 3.63) is 203 Å². The van der Waals surface area contributed by atoms with Crippen molar-refractivity contribution in [2.45, 2.75) is 195 Å². The number of anilines is 2. The molecule has 23 atom stereocenters. The molecule has 5 aliphatic heterocycles. The molecule has 112 heavy (non-hydrogen) atoms. The Bertz CT molecular complexity index is 4270. The number of aliphatic hydroxyl groups excluding tert-OH is 6. The quantitative estimate of drug-likeness (QED) is 0.0308. The first kappa shape index (κ1) is 109. The van der Waals surface area contributed by atoms with Crippen LogP contribution in [0.25, 0.3) is 0 Å². The Morgan fingerprint density at radius 1 is 0.500 bits per heavy atom. The fourth-order valence-corrected chi connectivity index (χ4v) is 12.2. The second-order valence-corrected chi connectivity index (χ2v) is 28.5. The molecular formula is C66H97Cl2F5N12Ni3O21P3-3. The number of carbonyl (C=O) groups is 1. The van der Waals surface area contributed by atoms with E-state index in [4.69, 9.17) is 66.6 Å². The number of halogens is 7. The van der Waals surface area contributed by atoms with Gasteiger partial charge in [-0.25, -0.2) is 45.9 Å². The molecule has 46 heteroatoms. The average Bonchev–Trinajstić information content (AvgIpc) is 1.65. The summed E-state index contributed by atoms with van der Waals surface area (Å²) in [5, 5.41) is 59.6. The van der Waals surface area contributed by atoms with Crippen molar-refractivity contribution in [2.75, 3.05) is 44.3 Å². The number of hydrogen-bond donors (Lipinski definition) is 11. The molecule has 12 N–H and O–H groups in total. The van der Waals surface area contributed by atoms with Gasteiger partial charge in [-0.15, -0.1) is 22.5 Å². The van der Waals surface area contributed by atoms with Crippen molar-refractivity contribution in [3.8, 4) is 0 Å². The number of nitrogens with one attached hydrogen (secondary N) is 4. The van der Waals surface area contributed by atoms with Gasteiger partial charge in [0.1, 0.15) is 54.4 Å². The fourth-order valence-electron chi connectivity index (χ4n) is 11.5. The number of rotatable bonds is 14. The van der Waals surface area contributed by atoms with E-state index < -0.39 is 185 Å². The molecule has 5 aliphatic rings. The molecule has 5 aromatic heterocycles. The first-order valence-electron chi connectivity index (χ1n) is 32.5. The smallest absolute Gasteiger partial charge is 0.351 e. The minimum Gasteiger partial charge on any atom is -0.394 e. The molecule has 5 fully saturated rings. The zero-order valence-electron chi connectivity index (χ0n) is 63.0. The topological polar surface area (TPSA) is 466 Å². The molecule has 0 aliphatic carbocycles. The largest absolute Gasteiger partial charge is 0.394 e. The Hall–Kier alpha value is -5.19. The van der Waals surface area contributed by atoms with Crippen LogP contribution < -0.4 is 56.2 Å². The van der Waals surface area contributed by atoms with Crippen LogP contribution in [0.3, 0.4) is 0 Å². The van der Waals surface area contributed by atoms with Crippen molar-refractivity contribution in [2.24, 2.45) is 0 Å². The number of aliphatic hydroxyl groups is 6. The Morgan fingerprint density at radius 3 is 1.09 bits per heavy atom. The van der Waals surface area contributed by atoms with Gasteiger partial charge in [0.25, 0.3) is 22.6 Å². The van der Waals surface area contributed by atoms with Gasteiger partial charge in [-0.1, -0.05) is 39.0 Å². The molecule has 0 radical (unpaired) electrons. The van der Waals surface area contributed by atoms with Crippen molar-refractivity contribution in [3.63, 3.8) is 0 Å². The third kappa shape index (κ3) is 25.9. The molecule has 10 heterocycles. The van der Waals surface area contributed by atoms with Crippen LogP contribution in [0.4, 0.5) is 33.6 Å². The number of alkyl halides is 5. The van der Waals surface area contributed by atoms with Crippen LogP contribution in [0, 0.1) is 22.3 Å². The van der Waals surface area contributed by atoms with Crippen molar-refractivity contribution >= 4 is 64.7 Å². The number of hydrogen-bond acceptors (Lipinski definition) is 24. The molecule has 1 aromatic carbocycles. The minimum atomic E-state index is -2.25. The summed E-state index contributed by atoms with van der Waals surface area (Å²) in [6.07, 6.45) is -9.51. The fraction of sp³-hybridized carbons (Fsp3) is 0.545. The van der Waals surface area contributed by atoms with Crippen LogP contribution >= 0.6 is 47.2 Å². The molecule has 0 spiro atoms. The van der Waals surface area contributed by atoms with E-state index in [-0.39, 0.29) is 92.2 Å². The van der Waals surface area contributed by atoms with Gasteiger partial charge in [0.05, 0.1) is 31.5 Å². The van der Waals surface area contributed by atoms with E-state index in [1.54, 1.807) is 44.2 Å². The van der Waals surface area contributed by atoms with Crippen LogP contribution in [-0.2, 0) is 77.7 Å². The number of H-pyrrole nitrogens is 3. The number of aromatic amines is 3. The summed E-state index contributed by atoms with van der Waals surface area (Å²) in [4.78, 5) is 117. The summed E-state index contributed by atoms with van der Waals surface area (Å²) in [7, 11) is 1.24. The molecular weight excluding hydrogens is 1730 g/mol. The molecule has 5 saturated heterocycles. The molecule has 33 nitrogen and oxygen atoms in total. The molecule has 0 saturated carbocycles. The third-order valence-corrected chi connectivity index (χ3v) is 17.6. The van der Waals surface area contributed by atoms with Gasteiger partial charge in [0.15, 0.2) is 59.5 Å². The van der Waals surface area contributed by atoms with Gasteiger partial charge in [-0.3, -0.25) is 57.0 Å². The minimum absolute atomic E-state index is 0. The first-order chi connectivity index (χ1) is 49.7. The maximum absolute atomic E-state index is 15.0. The number of nitrogen functional groups attached to an aromatic ring is 1. The number of amides is 1. The Balaban J connectivity index is 0. The van der Waals surface area contributed by atoms with E-state index in [1.807, 2.05) is 36.9 Å². The summed E-state index contributed by atoms with van der Waals surface area (Å²) < 4.78 is 110. The number of nitrogens with zero attached hydrogens (tertiary/aromatic N) is 7. The van der Waals surface area contributed by atoms with Crippen LogP contribution in [0.5, 0.6) is 0 Å². The van der Waals surface area contributed by atoms with Crippen molar-refractivity contribution in [1.29, 1.82) is 0 Å². The third-order valence-electron chi connectivity index (χ3n) is 17.1. The number of aromatic nitrogens is 10. The SMILES string of the molecule is CC1(F)[C@@H](O)[C@@H](CO)O[C@H]1n1ccc(=O)[nH]c1=O.CC1(F)[C@@H](O)[C@@H](CO)O[C@H]1n1ccc(N)nc1=O.CC[C@H]1O[C@@H](n2ccc(=O)[nH]c2=O)C(C)(F)[C@H]1O.CC[C@H]1O[C@@H](n2ccc(=O)[nH]c2=O)C(C)(F)[C@H]1OPC.CC[C@H]1O[C@@H](n2ccc(NC(=O)c3ccccc3)nc2=O)C(C)(F)[C@H]1O.CPCl.CPCl.[CH3-].[CH3-].[CH3-].[Ni].[Ni].[Ni]. The molecule has 8 unspecified atom stereocenters. The summed E-state index contributed by atoms with van der Waals surface area (Å²) in [6.45, 7) is 15.8. The summed E-state index contributed by atoms with van der Waals surface area (Å²) in [5.74, 6) is -0.357. The standard InChI is InChI=1S/C18H20FN3O4.C12H18FN2O4P.C11H15FN2O4.C10H14FN3O4.C10H13FN2O5.2CH4ClP.3CH3.3Ni/c1-3-12-14(23)18(2,19)16(26-12)22-10-9-13(21-17(22)25)20-15(24)11-7-5-4-6-8-11;1-4-7-9(19-20-3)12(2,13)10(18-7)15-6-5-8(16)14-11(15)17;1-3-6-8(16)11(2,12)9(18-6)14-5-4-7(15)13-10(14)17;1-10(11)7(16)5(4-15)18-8(10)14-3-2-6(12)13-9(14)17;1-10(11)7(16)5(4-14)18-8(10)13-3-2-6(15)12-9(13)17;2*1-3-2;;;;;;/h4-10,12,14,16,23H,3H2,1-2H3,(H,20,21,24,25);5-7,9-10,20H,4H2,1-3H3,(H,14,16,17);4-6,8-9,16H,3H2,1-2H3,(H,13,15,17);2-3,5,7-8,15-16H,4H2,1H3,(H2,12,13,17);2-3,5,7-8,14,16H,4H2,1H3,(H,12,15,17);2*3H,1H3;3*1H3;;;/q;;;;;;;3*-1;;;/t12-,14+,16-,18?;7-,9+,10-,12?;6-,8+,9-,11?;2*5-,7+,8-,10?;;;;;;;;/m11111......../s1. The molecule has 0 bridgehead atoms. The molecule has 6 aromatic rings. The number of nitrogens with two attached hydrogens (primary N) is 1. The van der Waals surface area contributed by atoms with Crippen LogP contribution in [0.2, 0.25) is 0 Å². The zero-order chi connectivity index (χ0) is 79.7. The van der Waals surface area contributed by atoms with Gasteiger partial charge in [0, 0.05) is 113 Å². The maximum Gasteiger partial charge on any atom is 0.351 e.